The average Bonchev–Trinajstić information content (AvgIpc) is 2.93. The monoisotopic (exact) mass is 316 g/mol. The van der Waals surface area contributed by atoms with Gasteiger partial charge in [-0.15, -0.1) is 11.3 Å². The molecule has 0 radical (unpaired) electrons. The molecule has 0 spiro atoms. The lowest BCUT2D eigenvalue weighted by Crippen LogP contribution is -2.20. The summed E-state index contributed by atoms with van der Waals surface area (Å²) in [5.41, 5.74) is 0.657. The first-order chi connectivity index (χ1) is 10.6. The standard InChI is InChI=1S/C16H13FN2O2S/c1-19(2)16(20)14-9-11-15(22-14)13(7-8-18-11)21-12-6-4-3-5-10(12)17/h3-9H,1-2H3. The third-order valence-electron chi connectivity index (χ3n) is 3.05. The van der Waals surface area contributed by atoms with Crippen LogP contribution in [0.3, 0.4) is 0 Å². The van der Waals surface area contributed by atoms with Crippen molar-refractivity contribution in [2.24, 2.45) is 0 Å². The molecule has 0 saturated carbocycles. The van der Waals surface area contributed by atoms with Crippen LogP contribution < -0.4 is 4.74 Å². The van der Waals surface area contributed by atoms with Gasteiger partial charge in [0.2, 0.25) is 0 Å². The van der Waals surface area contributed by atoms with Crippen molar-refractivity contribution in [3.8, 4) is 11.5 Å². The number of amides is 1. The van der Waals surface area contributed by atoms with Gasteiger partial charge in [0, 0.05) is 26.4 Å². The second-order valence-electron chi connectivity index (χ2n) is 4.87. The summed E-state index contributed by atoms with van der Waals surface area (Å²) in [5, 5.41) is 0. The molecule has 0 aliphatic rings. The van der Waals surface area contributed by atoms with Gasteiger partial charge in [0.25, 0.3) is 5.91 Å². The molecular formula is C16H13FN2O2S. The van der Waals surface area contributed by atoms with Crippen LogP contribution in [0.25, 0.3) is 10.2 Å². The summed E-state index contributed by atoms with van der Waals surface area (Å²) in [6.45, 7) is 0. The summed E-state index contributed by atoms with van der Waals surface area (Å²) in [7, 11) is 3.38. The molecule has 112 valence electrons. The lowest BCUT2D eigenvalue weighted by atomic mass is 10.3. The molecule has 6 heteroatoms. The van der Waals surface area contributed by atoms with E-state index in [0.29, 0.717) is 16.1 Å². The number of nitrogens with zero attached hydrogens (tertiary/aromatic N) is 2. The predicted molar refractivity (Wildman–Crippen MR) is 84.1 cm³/mol. The molecule has 22 heavy (non-hydrogen) atoms. The fraction of sp³-hybridized carbons (Fsp3) is 0.125. The van der Waals surface area contributed by atoms with Crippen molar-refractivity contribution >= 4 is 27.5 Å². The van der Waals surface area contributed by atoms with E-state index in [2.05, 4.69) is 4.98 Å². The topological polar surface area (TPSA) is 42.4 Å². The van der Waals surface area contributed by atoms with Crippen molar-refractivity contribution in [3.63, 3.8) is 0 Å². The van der Waals surface area contributed by atoms with E-state index in [1.165, 1.54) is 22.3 Å². The molecule has 0 N–H and O–H groups in total. The average molecular weight is 316 g/mol. The van der Waals surface area contributed by atoms with E-state index in [9.17, 15) is 9.18 Å². The van der Waals surface area contributed by atoms with E-state index in [-0.39, 0.29) is 11.7 Å². The lowest BCUT2D eigenvalue weighted by molar-refractivity contribution is 0.0832. The van der Waals surface area contributed by atoms with Gasteiger partial charge in [-0.1, -0.05) is 12.1 Å². The van der Waals surface area contributed by atoms with Gasteiger partial charge in [-0.2, -0.15) is 0 Å². The maximum atomic E-state index is 13.7. The molecule has 0 saturated heterocycles. The first-order valence-corrected chi connectivity index (χ1v) is 7.40. The van der Waals surface area contributed by atoms with E-state index >= 15 is 0 Å². The number of fused-ring (bicyclic) bond motifs is 1. The van der Waals surface area contributed by atoms with Crippen molar-refractivity contribution in [1.82, 2.24) is 9.88 Å². The number of hydrogen-bond acceptors (Lipinski definition) is 4. The van der Waals surface area contributed by atoms with Crippen LogP contribution in [-0.4, -0.2) is 29.9 Å². The third-order valence-corrected chi connectivity index (χ3v) is 4.18. The number of pyridine rings is 1. The molecule has 0 aliphatic heterocycles. The number of benzene rings is 1. The first kappa shape index (κ1) is 14.5. The fourth-order valence-electron chi connectivity index (χ4n) is 1.97. The number of carbonyl (C=O) groups excluding carboxylic acids is 1. The van der Waals surface area contributed by atoms with Crippen molar-refractivity contribution in [3.05, 3.63) is 53.3 Å². The number of para-hydroxylation sites is 1. The van der Waals surface area contributed by atoms with Gasteiger partial charge in [-0.3, -0.25) is 9.78 Å². The molecule has 3 aromatic rings. The minimum Gasteiger partial charge on any atom is -0.453 e. The van der Waals surface area contributed by atoms with E-state index in [1.807, 2.05) is 0 Å². The maximum absolute atomic E-state index is 13.7. The van der Waals surface area contributed by atoms with Gasteiger partial charge >= 0.3 is 0 Å². The van der Waals surface area contributed by atoms with Crippen LogP contribution in [0.1, 0.15) is 9.67 Å². The Morgan fingerprint density at radius 3 is 2.73 bits per heavy atom. The second-order valence-corrected chi connectivity index (χ2v) is 5.92. The van der Waals surface area contributed by atoms with Crippen molar-refractivity contribution in [2.75, 3.05) is 14.1 Å². The summed E-state index contributed by atoms with van der Waals surface area (Å²) in [5.74, 6) is 0.0928. The van der Waals surface area contributed by atoms with Crippen molar-refractivity contribution < 1.29 is 13.9 Å². The van der Waals surface area contributed by atoms with Crippen LogP contribution in [0, 0.1) is 5.82 Å². The zero-order valence-corrected chi connectivity index (χ0v) is 12.9. The quantitative estimate of drug-likeness (QED) is 0.735. The number of thiophene rings is 1. The van der Waals surface area contributed by atoms with Crippen molar-refractivity contribution in [1.29, 1.82) is 0 Å². The van der Waals surface area contributed by atoms with E-state index < -0.39 is 5.82 Å². The minimum absolute atomic E-state index is 0.0974. The molecule has 2 aromatic heterocycles. The second kappa shape index (κ2) is 5.73. The fourth-order valence-corrected chi connectivity index (χ4v) is 3.05. The molecule has 0 aliphatic carbocycles. The lowest BCUT2D eigenvalue weighted by Gasteiger charge is -2.07. The SMILES string of the molecule is CN(C)C(=O)c1cc2nccc(Oc3ccccc3F)c2s1. The predicted octanol–water partition coefficient (Wildman–Crippen LogP) is 3.93. The highest BCUT2D eigenvalue weighted by molar-refractivity contribution is 7.21. The van der Waals surface area contributed by atoms with Crippen LogP contribution in [0.15, 0.2) is 42.6 Å². The smallest absolute Gasteiger partial charge is 0.263 e. The Kier molecular flexibility index (Phi) is 3.77. The van der Waals surface area contributed by atoms with Gasteiger partial charge in [0.15, 0.2) is 11.6 Å². The Balaban J connectivity index is 2.04. The third kappa shape index (κ3) is 2.65. The zero-order valence-electron chi connectivity index (χ0n) is 12.0. The number of rotatable bonds is 3. The number of hydrogen-bond donors (Lipinski definition) is 0. The van der Waals surface area contributed by atoms with Crippen LogP contribution in [0.5, 0.6) is 11.5 Å². The normalized spacial score (nSPS) is 10.7. The maximum Gasteiger partial charge on any atom is 0.263 e. The molecule has 0 fully saturated rings. The zero-order chi connectivity index (χ0) is 15.7. The molecule has 1 amide bonds. The Morgan fingerprint density at radius 1 is 1.23 bits per heavy atom. The van der Waals surface area contributed by atoms with Crippen LogP contribution in [0.2, 0.25) is 0 Å². The summed E-state index contributed by atoms with van der Waals surface area (Å²) >= 11 is 1.28. The summed E-state index contributed by atoms with van der Waals surface area (Å²) in [6, 6.07) is 9.57. The molecule has 1 aromatic carbocycles. The summed E-state index contributed by atoms with van der Waals surface area (Å²) in [4.78, 5) is 18.3. The molecule has 2 heterocycles. The number of ether oxygens (including phenoxy) is 1. The molecule has 4 nitrogen and oxygen atoms in total. The molecule has 0 atom stereocenters. The largest absolute Gasteiger partial charge is 0.453 e. The Morgan fingerprint density at radius 2 is 2.00 bits per heavy atom. The minimum atomic E-state index is -0.436. The Hall–Kier alpha value is -2.47. The van der Waals surface area contributed by atoms with Crippen LogP contribution in [-0.2, 0) is 0 Å². The highest BCUT2D eigenvalue weighted by atomic mass is 32.1. The molecule has 0 unspecified atom stereocenters. The first-order valence-electron chi connectivity index (χ1n) is 6.59. The van der Waals surface area contributed by atoms with E-state index in [0.717, 1.165) is 4.70 Å². The Bertz CT molecular complexity index is 845. The number of aromatic nitrogens is 1. The number of carbonyl (C=O) groups is 1. The Labute approximate surface area is 130 Å². The molecule has 3 rings (SSSR count). The summed E-state index contributed by atoms with van der Waals surface area (Å²) in [6.07, 6.45) is 1.58. The van der Waals surface area contributed by atoms with Gasteiger partial charge < -0.3 is 9.64 Å². The highest BCUT2D eigenvalue weighted by Crippen LogP contribution is 2.35. The summed E-state index contributed by atoms with van der Waals surface area (Å²) < 4.78 is 20.1. The van der Waals surface area contributed by atoms with Gasteiger partial charge in [0.05, 0.1) is 15.1 Å². The van der Waals surface area contributed by atoms with E-state index in [4.69, 9.17) is 4.74 Å². The van der Waals surface area contributed by atoms with Gasteiger partial charge in [0.1, 0.15) is 5.75 Å². The van der Waals surface area contributed by atoms with E-state index in [1.54, 1.807) is 50.6 Å². The molecule has 0 bridgehead atoms. The highest BCUT2D eigenvalue weighted by Gasteiger charge is 2.16. The van der Waals surface area contributed by atoms with Gasteiger partial charge in [-0.25, -0.2) is 4.39 Å². The molecular weight excluding hydrogens is 303 g/mol. The number of halogens is 1. The van der Waals surface area contributed by atoms with Crippen molar-refractivity contribution in [2.45, 2.75) is 0 Å². The van der Waals surface area contributed by atoms with Crippen LogP contribution >= 0.6 is 11.3 Å². The van der Waals surface area contributed by atoms with Crippen LogP contribution in [0.4, 0.5) is 4.39 Å². The van der Waals surface area contributed by atoms with Gasteiger partial charge in [-0.05, 0) is 18.2 Å².